The van der Waals surface area contributed by atoms with E-state index in [-0.39, 0.29) is 24.3 Å². The van der Waals surface area contributed by atoms with Gasteiger partial charge in [0.05, 0.1) is 11.7 Å². The van der Waals surface area contributed by atoms with Gasteiger partial charge in [-0.05, 0) is 23.5 Å². The second-order valence-electron chi connectivity index (χ2n) is 9.60. The van der Waals surface area contributed by atoms with Crippen LogP contribution in [0, 0.1) is 5.92 Å². The Morgan fingerprint density at radius 3 is 2.32 bits per heavy atom. The molecule has 198 valence electrons. The van der Waals surface area contributed by atoms with E-state index < -0.39 is 24.1 Å². The lowest BCUT2D eigenvalue weighted by atomic mass is 9.97. The number of thiazole rings is 1. The van der Waals surface area contributed by atoms with Crippen molar-refractivity contribution in [1.29, 1.82) is 0 Å². The number of nitrogens with one attached hydrogen (secondary N) is 1. The van der Waals surface area contributed by atoms with Crippen LogP contribution in [0.15, 0.2) is 78.4 Å². The van der Waals surface area contributed by atoms with Crippen molar-refractivity contribution in [3.8, 4) is 0 Å². The number of nitrogens with zero attached hydrogens (tertiary/aromatic N) is 3. The van der Waals surface area contributed by atoms with Gasteiger partial charge in [-0.25, -0.2) is 4.98 Å². The summed E-state index contributed by atoms with van der Waals surface area (Å²) >= 11 is 1.31. The van der Waals surface area contributed by atoms with Crippen LogP contribution in [0.5, 0.6) is 0 Å². The first kappa shape index (κ1) is 27.2. The minimum Gasteiger partial charge on any atom is -0.384 e. The largest absolute Gasteiger partial charge is 0.384 e. The van der Waals surface area contributed by atoms with Crippen LogP contribution in [0.25, 0.3) is 5.70 Å². The van der Waals surface area contributed by atoms with Gasteiger partial charge in [0, 0.05) is 24.7 Å². The first-order valence-corrected chi connectivity index (χ1v) is 13.4. The number of hydrogen-bond donors (Lipinski definition) is 2. The molecule has 8 nitrogen and oxygen atoms in total. The Morgan fingerprint density at radius 2 is 1.74 bits per heavy atom. The molecule has 2 aromatic carbocycles. The van der Waals surface area contributed by atoms with E-state index in [4.69, 9.17) is 0 Å². The maximum absolute atomic E-state index is 13.8. The van der Waals surface area contributed by atoms with Crippen LogP contribution in [0.1, 0.15) is 43.0 Å². The Morgan fingerprint density at radius 1 is 1.08 bits per heavy atom. The van der Waals surface area contributed by atoms with E-state index in [0.717, 1.165) is 5.56 Å². The smallest absolute Gasteiger partial charge is 0.250 e. The fourth-order valence-corrected chi connectivity index (χ4v) is 5.32. The van der Waals surface area contributed by atoms with Gasteiger partial charge in [0.1, 0.15) is 23.7 Å². The maximum atomic E-state index is 13.8. The van der Waals surface area contributed by atoms with Crippen molar-refractivity contribution in [3.05, 3.63) is 94.6 Å². The number of aliphatic hydroxyl groups is 1. The number of hydrogen-bond acceptors (Lipinski definition) is 6. The van der Waals surface area contributed by atoms with Gasteiger partial charge in [-0.1, -0.05) is 74.5 Å². The third-order valence-electron chi connectivity index (χ3n) is 6.47. The van der Waals surface area contributed by atoms with Crippen molar-refractivity contribution in [1.82, 2.24) is 20.1 Å². The molecule has 3 atom stereocenters. The molecule has 1 aliphatic heterocycles. The number of aliphatic hydroxyl groups excluding tert-OH is 1. The minimum absolute atomic E-state index is 0.164. The second kappa shape index (κ2) is 12.1. The molecule has 0 saturated heterocycles. The van der Waals surface area contributed by atoms with Crippen LogP contribution in [0.4, 0.5) is 0 Å². The molecule has 2 N–H and O–H groups in total. The van der Waals surface area contributed by atoms with Crippen molar-refractivity contribution >= 4 is 34.8 Å². The highest BCUT2D eigenvalue weighted by Gasteiger charge is 2.40. The van der Waals surface area contributed by atoms with Crippen molar-refractivity contribution in [2.24, 2.45) is 5.92 Å². The van der Waals surface area contributed by atoms with E-state index in [1.807, 2.05) is 74.5 Å². The van der Waals surface area contributed by atoms with E-state index in [0.29, 0.717) is 22.7 Å². The highest BCUT2D eigenvalue weighted by Crippen LogP contribution is 2.30. The summed E-state index contributed by atoms with van der Waals surface area (Å²) in [6.07, 6.45) is 2.64. The fraction of sp³-hybridized carbons (Fsp3) is 0.310. The predicted molar refractivity (Wildman–Crippen MR) is 146 cm³/mol. The highest BCUT2D eigenvalue weighted by molar-refractivity contribution is 7.09. The maximum Gasteiger partial charge on any atom is 0.250 e. The van der Waals surface area contributed by atoms with Crippen LogP contribution in [0.2, 0.25) is 0 Å². The molecule has 9 heteroatoms. The SMILES string of the molecule is CC(=O)N1C=C(c2ccccc2)N(CC(=O)NC(Cc2ccccc2)C(O)c2nccs2)C(=O)C1C(C)C. The first-order valence-electron chi connectivity index (χ1n) is 12.5. The molecule has 3 unspecified atom stereocenters. The molecule has 0 saturated carbocycles. The third-order valence-corrected chi connectivity index (χ3v) is 7.31. The monoisotopic (exact) mass is 532 g/mol. The Kier molecular flexibility index (Phi) is 8.70. The van der Waals surface area contributed by atoms with Gasteiger partial charge in [-0.15, -0.1) is 11.3 Å². The number of carbonyl (C=O) groups excluding carboxylic acids is 3. The molecule has 3 amide bonds. The van der Waals surface area contributed by atoms with Crippen LogP contribution in [0.3, 0.4) is 0 Å². The Bertz CT molecular complexity index is 1280. The summed E-state index contributed by atoms with van der Waals surface area (Å²) in [5.41, 5.74) is 2.13. The Hall–Kier alpha value is -3.82. The van der Waals surface area contributed by atoms with E-state index in [1.54, 1.807) is 17.8 Å². The zero-order valence-corrected chi connectivity index (χ0v) is 22.5. The molecular formula is C29H32N4O4S. The van der Waals surface area contributed by atoms with Gasteiger partial charge in [0.15, 0.2) is 0 Å². The average Bonchev–Trinajstić information content (AvgIpc) is 3.44. The fourth-order valence-electron chi connectivity index (χ4n) is 4.63. The van der Waals surface area contributed by atoms with E-state index in [1.165, 1.54) is 28.1 Å². The third kappa shape index (κ3) is 6.17. The highest BCUT2D eigenvalue weighted by atomic mass is 32.1. The average molecular weight is 533 g/mol. The minimum atomic E-state index is -1.02. The molecular weight excluding hydrogens is 500 g/mol. The lowest BCUT2D eigenvalue weighted by Crippen LogP contribution is -2.56. The summed E-state index contributed by atoms with van der Waals surface area (Å²) in [7, 11) is 0. The quantitative estimate of drug-likeness (QED) is 0.438. The van der Waals surface area contributed by atoms with Crippen LogP contribution >= 0.6 is 11.3 Å². The lowest BCUT2D eigenvalue weighted by molar-refractivity contribution is -0.144. The van der Waals surface area contributed by atoms with Gasteiger partial charge < -0.3 is 15.3 Å². The summed E-state index contributed by atoms with van der Waals surface area (Å²) in [6, 6.07) is 17.4. The van der Waals surface area contributed by atoms with E-state index in [9.17, 15) is 19.5 Å². The molecule has 38 heavy (non-hydrogen) atoms. The zero-order chi connectivity index (χ0) is 27.2. The second-order valence-corrected chi connectivity index (χ2v) is 10.5. The summed E-state index contributed by atoms with van der Waals surface area (Å²) in [6.45, 7) is 4.92. The van der Waals surface area contributed by atoms with Crippen molar-refractivity contribution in [3.63, 3.8) is 0 Å². The molecule has 0 bridgehead atoms. The molecule has 1 aliphatic rings. The summed E-state index contributed by atoms with van der Waals surface area (Å²) in [4.78, 5) is 46.8. The van der Waals surface area contributed by atoms with Gasteiger partial charge in [0.2, 0.25) is 11.8 Å². The van der Waals surface area contributed by atoms with Crippen molar-refractivity contribution in [2.75, 3.05) is 6.54 Å². The number of amides is 3. The van der Waals surface area contributed by atoms with Gasteiger partial charge in [-0.2, -0.15) is 0 Å². The molecule has 0 fully saturated rings. The number of aromatic nitrogens is 1. The zero-order valence-electron chi connectivity index (χ0n) is 21.7. The lowest BCUT2D eigenvalue weighted by Gasteiger charge is -2.40. The molecule has 2 heterocycles. The molecule has 3 aromatic rings. The molecule has 0 radical (unpaired) electrons. The molecule has 1 aromatic heterocycles. The Balaban J connectivity index is 1.63. The van der Waals surface area contributed by atoms with E-state index >= 15 is 0 Å². The number of rotatable bonds is 9. The van der Waals surface area contributed by atoms with Crippen LogP contribution in [-0.4, -0.2) is 56.2 Å². The van der Waals surface area contributed by atoms with Gasteiger partial charge in [0.25, 0.3) is 5.91 Å². The van der Waals surface area contributed by atoms with Crippen molar-refractivity contribution < 1.29 is 19.5 Å². The van der Waals surface area contributed by atoms with Gasteiger partial charge in [-0.3, -0.25) is 19.3 Å². The van der Waals surface area contributed by atoms with Gasteiger partial charge >= 0.3 is 0 Å². The van der Waals surface area contributed by atoms with Crippen LogP contribution in [-0.2, 0) is 20.8 Å². The molecule has 0 spiro atoms. The standard InChI is InChI=1S/C29H32N4O4S/c1-19(2)26-29(37)33(24(17-32(26)20(3)34)22-12-8-5-9-13-22)18-25(35)31-23(16-21-10-6-4-7-11-21)27(36)28-30-14-15-38-28/h4-15,17,19,23,26-27,36H,16,18H2,1-3H3,(H,31,35). The normalized spacial score (nSPS) is 17.2. The summed E-state index contributed by atoms with van der Waals surface area (Å²) in [5.74, 6) is -1.16. The Labute approximate surface area is 226 Å². The van der Waals surface area contributed by atoms with Crippen molar-refractivity contribution in [2.45, 2.75) is 45.4 Å². The first-order chi connectivity index (χ1) is 18.3. The summed E-state index contributed by atoms with van der Waals surface area (Å²) < 4.78 is 0. The van der Waals surface area contributed by atoms with Crippen LogP contribution < -0.4 is 5.32 Å². The molecule has 0 aliphatic carbocycles. The summed E-state index contributed by atoms with van der Waals surface area (Å²) in [5, 5.41) is 16.3. The predicted octanol–water partition coefficient (Wildman–Crippen LogP) is 3.62. The molecule has 4 rings (SSSR count). The topological polar surface area (TPSA) is 103 Å². The van der Waals surface area contributed by atoms with E-state index in [2.05, 4.69) is 10.3 Å². The number of carbonyl (C=O) groups is 3. The number of benzene rings is 2.